The lowest BCUT2D eigenvalue weighted by Gasteiger charge is -2.01. The smallest absolute Gasteiger partial charge is 0.268 e. The van der Waals surface area contributed by atoms with Crippen LogP contribution in [0.2, 0.25) is 0 Å². The molecule has 22 heavy (non-hydrogen) atoms. The first kappa shape index (κ1) is 14.5. The second kappa shape index (κ2) is 7.04. The summed E-state index contributed by atoms with van der Waals surface area (Å²) in [4.78, 5) is 19.3. The van der Waals surface area contributed by atoms with Crippen LogP contribution in [0.1, 0.15) is 26.8 Å². The molecule has 0 unspecified atom stereocenters. The fourth-order valence-corrected chi connectivity index (χ4v) is 2.98. The molecule has 1 amide bonds. The van der Waals surface area contributed by atoms with Gasteiger partial charge in [-0.2, -0.15) is 0 Å². The SMILES string of the molecule is O=C(NCc1csc(CCc2ccccc2)n1)c1ccc[nH]1. The molecule has 2 heterocycles. The molecule has 0 aliphatic carbocycles. The zero-order valence-electron chi connectivity index (χ0n) is 12.1. The largest absolute Gasteiger partial charge is 0.357 e. The van der Waals surface area contributed by atoms with Crippen molar-refractivity contribution in [2.75, 3.05) is 0 Å². The normalized spacial score (nSPS) is 10.5. The van der Waals surface area contributed by atoms with E-state index >= 15 is 0 Å². The number of benzene rings is 1. The molecule has 0 aliphatic heterocycles. The van der Waals surface area contributed by atoms with Crippen LogP contribution in [0.15, 0.2) is 54.0 Å². The maximum absolute atomic E-state index is 11.8. The average molecular weight is 311 g/mol. The molecule has 3 rings (SSSR count). The van der Waals surface area contributed by atoms with Crippen molar-refractivity contribution in [3.8, 4) is 0 Å². The molecule has 0 bridgehead atoms. The maximum atomic E-state index is 11.8. The number of thiazole rings is 1. The number of carbonyl (C=O) groups excluding carboxylic acids is 1. The number of rotatable bonds is 6. The van der Waals surface area contributed by atoms with Crippen molar-refractivity contribution in [3.63, 3.8) is 0 Å². The van der Waals surface area contributed by atoms with Gasteiger partial charge >= 0.3 is 0 Å². The second-order valence-electron chi connectivity index (χ2n) is 4.98. The van der Waals surface area contributed by atoms with Crippen molar-refractivity contribution in [2.45, 2.75) is 19.4 Å². The highest BCUT2D eigenvalue weighted by Crippen LogP contribution is 2.13. The fraction of sp³-hybridized carbons (Fsp3) is 0.176. The Morgan fingerprint density at radius 2 is 2.00 bits per heavy atom. The topological polar surface area (TPSA) is 57.8 Å². The minimum atomic E-state index is -0.108. The van der Waals surface area contributed by atoms with E-state index in [0.717, 1.165) is 23.5 Å². The number of hydrogen-bond donors (Lipinski definition) is 2. The molecular formula is C17H17N3OS. The summed E-state index contributed by atoms with van der Waals surface area (Å²) in [6.45, 7) is 0.458. The molecule has 0 spiro atoms. The molecule has 2 N–H and O–H groups in total. The van der Waals surface area contributed by atoms with E-state index in [9.17, 15) is 4.79 Å². The van der Waals surface area contributed by atoms with E-state index in [2.05, 4.69) is 39.6 Å². The third-order valence-electron chi connectivity index (χ3n) is 3.34. The fourth-order valence-electron chi connectivity index (χ4n) is 2.18. The van der Waals surface area contributed by atoms with Gasteiger partial charge in [0.1, 0.15) is 5.69 Å². The molecule has 112 valence electrons. The molecule has 4 nitrogen and oxygen atoms in total. The van der Waals surface area contributed by atoms with Gasteiger partial charge in [-0.3, -0.25) is 4.79 Å². The molecule has 5 heteroatoms. The van der Waals surface area contributed by atoms with Crippen LogP contribution < -0.4 is 5.32 Å². The summed E-state index contributed by atoms with van der Waals surface area (Å²) in [7, 11) is 0. The summed E-state index contributed by atoms with van der Waals surface area (Å²) in [6.07, 6.45) is 3.65. The van der Waals surface area contributed by atoms with Gasteiger partial charge < -0.3 is 10.3 Å². The Balaban J connectivity index is 1.50. The van der Waals surface area contributed by atoms with Crippen molar-refractivity contribution < 1.29 is 4.79 Å². The van der Waals surface area contributed by atoms with Crippen molar-refractivity contribution in [1.29, 1.82) is 0 Å². The minimum absolute atomic E-state index is 0.108. The summed E-state index contributed by atoms with van der Waals surface area (Å²) >= 11 is 1.65. The summed E-state index contributed by atoms with van der Waals surface area (Å²) in [5.74, 6) is -0.108. The first-order valence-electron chi connectivity index (χ1n) is 7.20. The molecule has 3 aromatic rings. The first-order valence-corrected chi connectivity index (χ1v) is 8.08. The molecular weight excluding hydrogens is 294 g/mol. The van der Waals surface area contributed by atoms with Crippen LogP contribution in [0.4, 0.5) is 0 Å². The van der Waals surface area contributed by atoms with E-state index < -0.39 is 0 Å². The van der Waals surface area contributed by atoms with Crippen molar-refractivity contribution in [1.82, 2.24) is 15.3 Å². The van der Waals surface area contributed by atoms with Gasteiger partial charge in [0.2, 0.25) is 0 Å². The van der Waals surface area contributed by atoms with Gasteiger partial charge in [-0.15, -0.1) is 11.3 Å². The Morgan fingerprint density at radius 1 is 1.14 bits per heavy atom. The predicted octanol–water partition coefficient (Wildman–Crippen LogP) is 3.19. The highest BCUT2D eigenvalue weighted by molar-refractivity contribution is 7.09. The summed E-state index contributed by atoms with van der Waals surface area (Å²) in [5, 5.41) is 5.98. The lowest BCUT2D eigenvalue weighted by molar-refractivity contribution is 0.0946. The summed E-state index contributed by atoms with van der Waals surface area (Å²) < 4.78 is 0. The average Bonchev–Trinajstić information content (AvgIpc) is 3.23. The zero-order chi connectivity index (χ0) is 15.2. The van der Waals surface area contributed by atoms with E-state index in [1.54, 1.807) is 29.7 Å². The van der Waals surface area contributed by atoms with E-state index in [-0.39, 0.29) is 5.91 Å². The molecule has 0 saturated heterocycles. The lowest BCUT2D eigenvalue weighted by Crippen LogP contribution is -2.23. The predicted molar refractivity (Wildman–Crippen MR) is 87.9 cm³/mol. The van der Waals surface area contributed by atoms with Gasteiger partial charge in [0, 0.05) is 18.0 Å². The van der Waals surface area contributed by atoms with E-state index in [4.69, 9.17) is 0 Å². The molecule has 0 radical (unpaired) electrons. The van der Waals surface area contributed by atoms with Gasteiger partial charge in [-0.05, 0) is 24.1 Å². The highest BCUT2D eigenvalue weighted by atomic mass is 32.1. The number of aromatic amines is 1. The Hall–Kier alpha value is -2.40. The van der Waals surface area contributed by atoms with E-state index in [1.165, 1.54) is 5.56 Å². The van der Waals surface area contributed by atoms with Crippen molar-refractivity contribution in [2.24, 2.45) is 0 Å². The molecule has 0 atom stereocenters. The van der Waals surface area contributed by atoms with Gasteiger partial charge in [0.15, 0.2) is 0 Å². The van der Waals surface area contributed by atoms with Crippen LogP contribution in [-0.4, -0.2) is 15.9 Å². The minimum Gasteiger partial charge on any atom is -0.357 e. The molecule has 1 aromatic carbocycles. The first-order chi connectivity index (χ1) is 10.8. The Morgan fingerprint density at radius 3 is 2.77 bits per heavy atom. The van der Waals surface area contributed by atoms with Crippen LogP contribution >= 0.6 is 11.3 Å². The van der Waals surface area contributed by atoms with Gasteiger partial charge in [0.25, 0.3) is 5.91 Å². The number of amides is 1. The second-order valence-corrected chi connectivity index (χ2v) is 5.93. The number of nitrogens with one attached hydrogen (secondary N) is 2. The van der Waals surface area contributed by atoms with Crippen molar-refractivity contribution in [3.05, 3.63) is 76.0 Å². The lowest BCUT2D eigenvalue weighted by atomic mass is 10.1. The Bertz CT molecular complexity index is 719. The Labute approximate surface area is 133 Å². The van der Waals surface area contributed by atoms with E-state index in [1.807, 2.05) is 11.4 Å². The van der Waals surface area contributed by atoms with Crippen LogP contribution in [0.3, 0.4) is 0 Å². The standard InChI is InChI=1S/C17H17N3OS/c21-17(15-7-4-10-18-15)19-11-14-12-22-16(20-14)9-8-13-5-2-1-3-6-13/h1-7,10,12,18H,8-9,11H2,(H,19,21). The number of aryl methyl sites for hydroxylation is 2. The van der Waals surface area contributed by atoms with E-state index in [0.29, 0.717) is 12.2 Å². The number of aromatic nitrogens is 2. The van der Waals surface area contributed by atoms with Gasteiger partial charge in [0.05, 0.1) is 17.2 Å². The molecule has 2 aromatic heterocycles. The quantitative estimate of drug-likeness (QED) is 0.734. The van der Waals surface area contributed by atoms with Crippen LogP contribution in [0.25, 0.3) is 0 Å². The van der Waals surface area contributed by atoms with Gasteiger partial charge in [-0.25, -0.2) is 4.98 Å². The van der Waals surface area contributed by atoms with Crippen LogP contribution in [0.5, 0.6) is 0 Å². The Kier molecular flexibility index (Phi) is 4.65. The molecule has 0 aliphatic rings. The number of nitrogens with zero attached hydrogens (tertiary/aromatic N) is 1. The summed E-state index contributed by atoms with van der Waals surface area (Å²) in [6, 6.07) is 14.0. The van der Waals surface area contributed by atoms with Gasteiger partial charge in [-0.1, -0.05) is 30.3 Å². The third-order valence-corrected chi connectivity index (χ3v) is 4.30. The number of hydrogen-bond acceptors (Lipinski definition) is 3. The zero-order valence-corrected chi connectivity index (χ0v) is 12.9. The summed E-state index contributed by atoms with van der Waals surface area (Å²) in [5.41, 5.74) is 2.80. The number of H-pyrrole nitrogens is 1. The maximum Gasteiger partial charge on any atom is 0.268 e. The molecule has 0 saturated carbocycles. The number of carbonyl (C=O) groups is 1. The highest BCUT2D eigenvalue weighted by Gasteiger charge is 2.07. The third kappa shape index (κ3) is 3.83. The van der Waals surface area contributed by atoms with Crippen LogP contribution in [-0.2, 0) is 19.4 Å². The van der Waals surface area contributed by atoms with Crippen molar-refractivity contribution >= 4 is 17.2 Å². The van der Waals surface area contributed by atoms with Crippen LogP contribution in [0, 0.1) is 0 Å². The monoisotopic (exact) mass is 311 g/mol. The molecule has 0 fully saturated rings.